The lowest BCUT2D eigenvalue weighted by Crippen LogP contribution is -2.49. The zero-order valence-electron chi connectivity index (χ0n) is 10.3. The van der Waals surface area contributed by atoms with Gasteiger partial charge in [0.2, 0.25) is 0 Å². The molecular formula is C16H22. The predicted octanol–water partition coefficient (Wildman–Crippen LogP) is 4.02. The minimum absolute atomic E-state index is 0.739. The minimum atomic E-state index is 0.739. The van der Waals surface area contributed by atoms with Gasteiger partial charge >= 0.3 is 0 Å². The summed E-state index contributed by atoms with van der Waals surface area (Å²) in [5.41, 5.74) is 1.59. The van der Waals surface area contributed by atoms with E-state index in [1.165, 1.54) is 12.8 Å². The quantitative estimate of drug-likeness (QED) is 0.422. The molecule has 6 unspecified atom stereocenters. The summed E-state index contributed by atoms with van der Waals surface area (Å²) in [6.07, 6.45) is 14.6. The van der Waals surface area contributed by atoms with Crippen molar-refractivity contribution in [2.45, 2.75) is 45.4 Å². The number of rotatable bonds is 0. The highest BCUT2D eigenvalue weighted by Gasteiger charge is 2.72. The van der Waals surface area contributed by atoms with Gasteiger partial charge in [-0.15, -0.1) is 0 Å². The van der Waals surface area contributed by atoms with Crippen molar-refractivity contribution >= 4 is 0 Å². The monoisotopic (exact) mass is 214 g/mol. The van der Waals surface area contributed by atoms with Crippen LogP contribution in [0, 0.1) is 40.4 Å². The molecule has 0 aromatic rings. The van der Waals surface area contributed by atoms with Crippen molar-refractivity contribution in [1.29, 1.82) is 0 Å². The number of fused-ring (bicyclic) bond motifs is 10. The lowest BCUT2D eigenvalue weighted by molar-refractivity contribution is -0.0626. The van der Waals surface area contributed by atoms with E-state index in [-0.39, 0.29) is 0 Å². The van der Waals surface area contributed by atoms with E-state index in [9.17, 15) is 0 Å². The van der Waals surface area contributed by atoms with Gasteiger partial charge in [0, 0.05) is 0 Å². The van der Waals surface area contributed by atoms with Crippen LogP contribution in [0.4, 0.5) is 0 Å². The zero-order valence-corrected chi connectivity index (χ0v) is 10.3. The Morgan fingerprint density at radius 1 is 1.12 bits per heavy atom. The van der Waals surface area contributed by atoms with Gasteiger partial charge in [-0.2, -0.15) is 0 Å². The highest BCUT2D eigenvalue weighted by molar-refractivity contribution is 5.28. The molecule has 4 bridgehead atoms. The summed E-state index contributed by atoms with van der Waals surface area (Å²) < 4.78 is 0. The second kappa shape index (κ2) is 2.31. The Bertz CT molecular complexity index is 389. The molecule has 1 spiro atoms. The maximum atomic E-state index is 2.68. The molecule has 16 heavy (non-hydrogen) atoms. The average Bonchev–Trinajstić information content (AvgIpc) is 2.89. The molecule has 0 heterocycles. The third-order valence-corrected chi connectivity index (χ3v) is 7.65. The Morgan fingerprint density at radius 2 is 2.00 bits per heavy atom. The van der Waals surface area contributed by atoms with Crippen molar-refractivity contribution in [3.8, 4) is 0 Å². The SMILES string of the molecule is CC12C3C=CC(C3)C1C1CC2C2(CCC2)C1. The second-order valence-electron chi connectivity index (χ2n) is 7.75. The maximum Gasteiger partial charge on any atom is -0.0168 e. The van der Waals surface area contributed by atoms with Crippen molar-refractivity contribution in [2.75, 3.05) is 0 Å². The van der Waals surface area contributed by atoms with Crippen LogP contribution in [0.3, 0.4) is 0 Å². The van der Waals surface area contributed by atoms with E-state index in [4.69, 9.17) is 0 Å². The van der Waals surface area contributed by atoms with Crippen LogP contribution in [0.25, 0.3) is 0 Å². The van der Waals surface area contributed by atoms with E-state index in [1.807, 2.05) is 0 Å². The van der Waals surface area contributed by atoms with Crippen molar-refractivity contribution in [2.24, 2.45) is 40.4 Å². The smallest absolute Gasteiger partial charge is 0.0168 e. The Balaban J connectivity index is 1.66. The maximum absolute atomic E-state index is 2.68. The van der Waals surface area contributed by atoms with E-state index in [0.717, 1.165) is 40.4 Å². The van der Waals surface area contributed by atoms with E-state index in [0.29, 0.717) is 0 Å². The number of hydrogen-bond acceptors (Lipinski definition) is 0. The molecule has 5 aliphatic rings. The summed E-state index contributed by atoms with van der Waals surface area (Å²) in [6.45, 7) is 2.68. The van der Waals surface area contributed by atoms with Crippen LogP contribution in [0.15, 0.2) is 12.2 Å². The molecule has 0 saturated heterocycles. The van der Waals surface area contributed by atoms with Crippen LogP contribution in [0.1, 0.15) is 45.4 Å². The molecule has 0 nitrogen and oxygen atoms in total. The van der Waals surface area contributed by atoms with E-state index in [1.54, 1.807) is 25.7 Å². The summed E-state index contributed by atoms with van der Waals surface area (Å²) in [7, 11) is 0. The van der Waals surface area contributed by atoms with Gasteiger partial charge in [-0.25, -0.2) is 0 Å². The molecule has 0 radical (unpaired) electrons. The topological polar surface area (TPSA) is 0 Å². The van der Waals surface area contributed by atoms with E-state index >= 15 is 0 Å². The van der Waals surface area contributed by atoms with Gasteiger partial charge in [0.1, 0.15) is 0 Å². The fraction of sp³-hybridized carbons (Fsp3) is 0.875. The van der Waals surface area contributed by atoms with Gasteiger partial charge in [0.15, 0.2) is 0 Å². The highest BCUT2D eigenvalue weighted by atomic mass is 14.8. The molecular weight excluding hydrogens is 192 g/mol. The van der Waals surface area contributed by atoms with Gasteiger partial charge in [-0.05, 0) is 72.5 Å². The standard InChI is InChI=1S/C16H22/c1-15-12-4-3-10(7-12)14(15)11-8-13(15)16(9-11)5-2-6-16/h3-4,10-14H,2,5-9H2,1H3. The van der Waals surface area contributed by atoms with Gasteiger partial charge < -0.3 is 0 Å². The Hall–Kier alpha value is -0.260. The summed E-state index contributed by atoms with van der Waals surface area (Å²) in [4.78, 5) is 0. The summed E-state index contributed by atoms with van der Waals surface area (Å²) in [5, 5.41) is 0. The fourth-order valence-corrected chi connectivity index (χ4v) is 7.18. The minimum Gasteiger partial charge on any atom is -0.0848 e. The Labute approximate surface area is 98.5 Å². The van der Waals surface area contributed by atoms with Crippen LogP contribution in [0.5, 0.6) is 0 Å². The average molecular weight is 214 g/mol. The van der Waals surface area contributed by atoms with Gasteiger partial charge in [-0.3, -0.25) is 0 Å². The van der Waals surface area contributed by atoms with Crippen molar-refractivity contribution in [3.63, 3.8) is 0 Å². The molecule has 0 heteroatoms. The van der Waals surface area contributed by atoms with Crippen LogP contribution < -0.4 is 0 Å². The van der Waals surface area contributed by atoms with E-state index < -0.39 is 0 Å². The first-order valence-corrected chi connectivity index (χ1v) is 7.42. The largest absolute Gasteiger partial charge is 0.0848 e. The molecule has 0 aromatic carbocycles. The number of allylic oxidation sites excluding steroid dienone is 2. The lowest BCUT2D eigenvalue weighted by Gasteiger charge is -2.56. The molecule has 6 atom stereocenters. The van der Waals surface area contributed by atoms with Crippen molar-refractivity contribution < 1.29 is 0 Å². The third-order valence-electron chi connectivity index (χ3n) is 7.65. The first kappa shape index (κ1) is 8.78. The lowest BCUT2D eigenvalue weighted by atomic mass is 9.48. The predicted molar refractivity (Wildman–Crippen MR) is 64.8 cm³/mol. The molecule has 5 rings (SSSR count). The van der Waals surface area contributed by atoms with Crippen LogP contribution in [-0.4, -0.2) is 0 Å². The zero-order chi connectivity index (χ0) is 10.5. The first-order chi connectivity index (χ1) is 7.74. The normalized spacial score (nSPS) is 62.9. The fourth-order valence-electron chi connectivity index (χ4n) is 7.18. The van der Waals surface area contributed by atoms with Crippen LogP contribution in [0.2, 0.25) is 0 Å². The molecule has 4 fully saturated rings. The molecule has 0 amide bonds. The van der Waals surface area contributed by atoms with Crippen molar-refractivity contribution in [3.05, 3.63) is 12.2 Å². The summed E-state index contributed by atoms with van der Waals surface area (Å²) in [5.74, 6) is 5.29. The highest BCUT2D eigenvalue weighted by Crippen LogP contribution is 2.79. The summed E-state index contributed by atoms with van der Waals surface area (Å²) in [6, 6.07) is 0. The molecule has 5 aliphatic carbocycles. The molecule has 86 valence electrons. The number of hydrogen-bond donors (Lipinski definition) is 0. The summed E-state index contributed by atoms with van der Waals surface area (Å²) >= 11 is 0. The van der Waals surface area contributed by atoms with Gasteiger partial charge in [-0.1, -0.05) is 25.5 Å². The van der Waals surface area contributed by atoms with Crippen molar-refractivity contribution in [1.82, 2.24) is 0 Å². The van der Waals surface area contributed by atoms with E-state index in [2.05, 4.69) is 19.1 Å². The second-order valence-corrected chi connectivity index (χ2v) is 7.75. The van der Waals surface area contributed by atoms with Crippen LogP contribution in [-0.2, 0) is 0 Å². The molecule has 0 aliphatic heterocycles. The van der Waals surface area contributed by atoms with Gasteiger partial charge in [0.25, 0.3) is 0 Å². The van der Waals surface area contributed by atoms with Crippen LogP contribution >= 0.6 is 0 Å². The third kappa shape index (κ3) is 0.669. The molecule has 4 saturated carbocycles. The molecule has 0 aromatic heterocycles. The first-order valence-electron chi connectivity index (χ1n) is 7.42. The Morgan fingerprint density at radius 3 is 2.75 bits per heavy atom. The molecule has 0 N–H and O–H groups in total. The van der Waals surface area contributed by atoms with Gasteiger partial charge in [0.05, 0.1) is 0 Å². The Kier molecular flexibility index (Phi) is 1.26.